The number of nitrogens with zero attached hydrogens (tertiary/aromatic N) is 2. The van der Waals surface area contributed by atoms with Gasteiger partial charge in [0.15, 0.2) is 5.60 Å². The SMILES string of the molecule is CC[C@@]1(O)C(=O)OCc2c1cc1n(c2=O)Cc2c-1nc1cc(F)c(C)c3c1c2[C@@H](NC(=O)C#CCO)CC3. The largest absolute Gasteiger partial charge is 0.458 e. The molecule has 0 unspecified atom stereocenters. The van der Waals surface area contributed by atoms with E-state index in [0.29, 0.717) is 40.9 Å². The number of carbonyl (C=O) groups is 2. The Kier molecular flexibility index (Phi) is 5.42. The molecule has 9 nitrogen and oxygen atoms in total. The van der Waals surface area contributed by atoms with E-state index < -0.39 is 41.5 Å². The van der Waals surface area contributed by atoms with Crippen LogP contribution in [0.15, 0.2) is 16.9 Å². The highest BCUT2D eigenvalue weighted by molar-refractivity contribution is 5.96. The van der Waals surface area contributed by atoms with Gasteiger partial charge in [-0.2, -0.15) is 0 Å². The summed E-state index contributed by atoms with van der Waals surface area (Å²) in [6.45, 7) is 2.80. The number of amides is 1. The summed E-state index contributed by atoms with van der Waals surface area (Å²) in [5, 5.41) is 23.7. The summed E-state index contributed by atoms with van der Waals surface area (Å²) in [4.78, 5) is 43.4. The number of hydrogen-bond acceptors (Lipinski definition) is 7. The molecule has 194 valence electrons. The molecule has 3 aliphatic rings. The quantitative estimate of drug-likeness (QED) is 0.272. The van der Waals surface area contributed by atoms with E-state index in [4.69, 9.17) is 14.8 Å². The van der Waals surface area contributed by atoms with Gasteiger partial charge in [0.2, 0.25) is 0 Å². The van der Waals surface area contributed by atoms with Crippen molar-refractivity contribution in [2.45, 2.75) is 57.9 Å². The molecule has 1 amide bonds. The van der Waals surface area contributed by atoms with Crippen LogP contribution in [-0.4, -0.2) is 38.2 Å². The van der Waals surface area contributed by atoms with Crippen molar-refractivity contribution < 1.29 is 28.9 Å². The Hall–Kier alpha value is -4.07. The third-order valence-corrected chi connectivity index (χ3v) is 7.96. The van der Waals surface area contributed by atoms with Crippen molar-refractivity contribution in [3.8, 4) is 23.2 Å². The molecule has 10 heteroatoms. The van der Waals surface area contributed by atoms with Crippen LogP contribution in [0, 0.1) is 24.6 Å². The average Bonchev–Trinajstić information content (AvgIpc) is 3.27. The Morgan fingerprint density at radius 3 is 2.84 bits per heavy atom. The first-order valence-electron chi connectivity index (χ1n) is 12.4. The van der Waals surface area contributed by atoms with Crippen molar-refractivity contribution in [3.63, 3.8) is 0 Å². The fourth-order valence-corrected chi connectivity index (χ4v) is 6.01. The molecule has 3 N–H and O–H groups in total. The molecule has 0 saturated heterocycles. The first kappa shape index (κ1) is 24.3. The maximum absolute atomic E-state index is 14.9. The van der Waals surface area contributed by atoms with Crippen LogP contribution in [0.4, 0.5) is 4.39 Å². The van der Waals surface area contributed by atoms with Gasteiger partial charge in [0.1, 0.15) is 19.0 Å². The number of nitrogens with one attached hydrogen (secondary N) is 1. The molecule has 6 rings (SSSR count). The molecule has 3 aromatic rings. The summed E-state index contributed by atoms with van der Waals surface area (Å²) in [6.07, 6.45) is 1.01. The van der Waals surface area contributed by atoms with Gasteiger partial charge < -0.3 is 24.8 Å². The van der Waals surface area contributed by atoms with Crippen LogP contribution < -0.4 is 10.9 Å². The van der Waals surface area contributed by atoms with Gasteiger partial charge in [-0.05, 0) is 54.9 Å². The zero-order chi connectivity index (χ0) is 26.9. The van der Waals surface area contributed by atoms with Crippen LogP contribution in [0.1, 0.15) is 59.2 Å². The van der Waals surface area contributed by atoms with E-state index in [1.165, 1.54) is 10.6 Å². The first-order chi connectivity index (χ1) is 18.2. The minimum atomic E-state index is -1.96. The predicted molar refractivity (Wildman–Crippen MR) is 133 cm³/mol. The van der Waals surface area contributed by atoms with Crippen molar-refractivity contribution in [3.05, 3.63) is 61.7 Å². The summed E-state index contributed by atoms with van der Waals surface area (Å²) in [5.41, 5.74) is 2.02. The van der Waals surface area contributed by atoms with Crippen LogP contribution in [0.25, 0.3) is 22.3 Å². The Morgan fingerprint density at radius 2 is 2.11 bits per heavy atom. The van der Waals surface area contributed by atoms with Crippen LogP contribution >= 0.6 is 0 Å². The Morgan fingerprint density at radius 1 is 1.32 bits per heavy atom. The highest BCUT2D eigenvalue weighted by Crippen LogP contribution is 2.45. The zero-order valence-electron chi connectivity index (χ0n) is 20.8. The fraction of sp³-hybridized carbons (Fsp3) is 0.357. The lowest BCUT2D eigenvalue weighted by Gasteiger charge is -2.31. The van der Waals surface area contributed by atoms with E-state index >= 15 is 0 Å². The number of esters is 1. The normalized spacial score (nSPS) is 20.7. The van der Waals surface area contributed by atoms with Crippen LogP contribution in [0.3, 0.4) is 0 Å². The summed E-state index contributed by atoms with van der Waals surface area (Å²) in [6, 6.07) is 2.48. The topological polar surface area (TPSA) is 131 Å². The number of aromatic nitrogens is 2. The third kappa shape index (κ3) is 3.25. The Bertz CT molecular complexity index is 1720. The molecular formula is C28H24FN3O6. The highest BCUT2D eigenvalue weighted by Gasteiger charge is 2.46. The molecule has 1 aliphatic carbocycles. The minimum absolute atomic E-state index is 0.0157. The van der Waals surface area contributed by atoms with E-state index in [-0.39, 0.29) is 30.7 Å². The van der Waals surface area contributed by atoms with Gasteiger partial charge in [-0.25, -0.2) is 14.2 Å². The molecule has 4 heterocycles. The number of ether oxygens (including phenoxy) is 1. The molecular weight excluding hydrogens is 493 g/mol. The molecule has 0 bridgehead atoms. The maximum atomic E-state index is 14.9. The first-order valence-corrected chi connectivity index (χ1v) is 12.4. The monoisotopic (exact) mass is 517 g/mol. The second kappa shape index (κ2) is 8.48. The molecule has 0 radical (unpaired) electrons. The number of cyclic esters (lactones) is 1. The number of rotatable bonds is 2. The number of benzene rings is 1. The lowest BCUT2D eigenvalue weighted by Crippen LogP contribution is -2.44. The minimum Gasteiger partial charge on any atom is -0.458 e. The second-order valence-corrected chi connectivity index (χ2v) is 9.84. The van der Waals surface area contributed by atoms with Gasteiger partial charge in [0.05, 0.1) is 35.1 Å². The predicted octanol–water partition coefficient (Wildman–Crippen LogP) is 1.63. The highest BCUT2D eigenvalue weighted by atomic mass is 19.1. The molecule has 0 spiro atoms. The molecule has 1 aromatic carbocycles. The van der Waals surface area contributed by atoms with E-state index in [9.17, 15) is 23.9 Å². The number of hydrogen-bond donors (Lipinski definition) is 3. The van der Waals surface area contributed by atoms with Crippen molar-refractivity contribution in [1.82, 2.24) is 14.9 Å². The molecule has 2 atom stereocenters. The van der Waals surface area contributed by atoms with E-state index in [1.54, 1.807) is 19.9 Å². The standard InChI is InChI=1S/C28H24FN3O6/c1-3-28(37)17-9-21-25-15(11-32(21)26(35)16(17)12-38-27(28)36)24-19(30-22(34)5-4-8-33)7-6-14-13(2)18(29)10-20(31-25)23(14)24/h9-10,19,33,37H,3,6-8,11-12H2,1-2H3,(H,30,34)/t19-,28-/m0/s1. The Balaban J connectivity index is 1.63. The van der Waals surface area contributed by atoms with Crippen molar-refractivity contribution in [1.29, 1.82) is 0 Å². The summed E-state index contributed by atoms with van der Waals surface area (Å²) in [5.74, 6) is 2.93. The van der Waals surface area contributed by atoms with Crippen molar-refractivity contribution in [2.24, 2.45) is 0 Å². The number of halogens is 1. The molecule has 38 heavy (non-hydrogen) atoms. The van der Waals surface area contributed by atoms with Crippen molar-refractivity contribution >= 4 is 22.8 Å². The van der Waals surface area contributed by atoms with Crippen molar-refractivity contribution in [2.75, 3.05) is 6.61 Å². The van der Waals surface area contributed by atoms with E-state index in [2.05, 4.69) is 17.2 Å². The lowest BCUT2D eigenvalue weighted by molar-refractivity contribution is -0.172. The molecule has 0 saturated carbocycles. The number of pyridine rings is 2. The summed E-state index contributed by atoms with van der Waals surface area (Å²) in [7, 11) is 0. The lowest BCUT2D eigenvalue weighted by atomic mass is 9.81. The molecule has 0 fully saturated rings. The number of aliphatic hydroxyl groups excluding tert-OH is 1. The van der Waals surface area contributed by atoms with Crippen LogP contribution in [-0.2, 0) is 39.5 Å². The summed E-state index contributed by atoms with van der Waals surface area (Å²) >= 11 is 0. The van der Waals surface area contributed by atoms with Gasteiger partial charge >= 0.3 is 5.97 Å². The Labute approximate surface area is 216 Å². The van der Waals surface area contributed by atoms with Gasteiger partial charge in [-0.15, -0.1) is 0 Å². The van der Waals surface area contributed by atoms with Gasteiger partial charge in [0, 0.05) is 22.6 Å². The van der Waals surface area contributed by atoms with Gasteiger partial charge in [-0.3, -0.25) is 9.59 Å². The smallest absolute Gasteiger partial charge is 0.343 e. The second-order valence-electron chi connectivity index (χ2n) is 9.84. The third-order valence-electron chi connectivity index (χ3n) is 7.96. The molecule has 2 aromatic heterocycles. The number of aliphatic hydroxyl groups is 2. The van der Waals surface area contributed by atoms with E-state index in [0.717, 1.165) is 16.5 Å². The van der Waals surface area contributed by atoms with Gasteiger partial charge in [0.25, 0.3) is 11.5 Å². The van der Waals surface area contributed by atoms with Gasteiger partial charge in [-0.1, -0.05) is 12.8 Å². The number of carbonyl (C=O) groups excluding carboxylic acids is 2. The average molecular weight is 518 g/mol. The van der Waals surface area contributed by atoms with E-state index in [1.807, 2.05) is 0 Å². The number of aryl methyl sites for hydroxylation is 1. The number of fused-ring (bicyclic) bond motifs is 5. The fourth-order valence-electron chi connectivity index (χ4n) is 6.01. The molecule has 2 aliphatic heterocycles. The van der Waals surface area contributed by atoms with Crippen LogP contribution in [0.2, 0.25) is 0 Å². The maximum Gasteiger partial charge on any atom is 0.343 e. The zero-order valence-corrected chi connectivity index (χ0v) is 20.8. The summed E-state index contributed by atoms with van der Waals surface area (Å²) < 4.78 is 21.6. The van der Waals surface area contributed by atoms with Crippen LogP contribution in [0.5, 0.6) is 0 Å².